The first kappa shape index (κ1) is 14.0. The van der Waals surface area contributed by atoms with Crippen LogP contribution in [0, 0.1) is 0 Å². The summed E-state index contributed by atoms with van der Waals surface area (Å²) in [5, 5.41) is 6.23. The fourth-order valence-corrected chi connectivity index (χ4v) is 3.66. The minimum absolute atomic E-state index is 0.0359. The molecule has 0 bridgehead atoms. The van der Waals surface area contributed by atoms with Crippen LogP contribution in [0.5, 0.6) is 0 Å². The van der Waals surface area contributed by atoms with E-state index in [0.29, 0.717) is 11.5 Å². The number of ether oxygens (including phenoxy) is 1. The molecule has 104 valence electrons. The summed E-state index contributed by atoms with van der Waals surface area (Å²) >= 11 is 0. The first-order chi connectivity index (χ1) is 8.74. The normalized spacial score (nSPS) is 30.0. The van der Waals surface area contributed by atoms with Gasteiger partial charge in [0.05, 0.1) is 6.10 Å². The SMILES string of the molecule is O=C(COC1CCNCC1)NC1CCS(=O)CC1. The molecule has 0 aromatic rings. The number of hydrogen-bond donors (Lipinski definition) is 2. The fourth-order valence-electron chi connectivity index (χ4n) is 2.36. The molecule has 0 saturated carbocycles. The van der Waals surface area contributed by atoms with Crippen LogP contribution < -0.4 is 10.6 Å². The molecule has 0 unspecified atom stereocenters. The Balaban J connectivity index is 1.61. The van der Waals surface area contributed by atoms with E-state index < -0.39 is 10.8 Å². The highest BCUT2D eigenvalue weighted by atomic mass is 32.2. The predicted octanol–water partition coefficient (Wildman–Crippen LogP) is -0.218. The van der Waals surface area contributed by atoms with Crippen molar-refractivity contribution in [1.82, 2.24) is 10.6 Å². The van der Waals surface area contributed by atoms with E-state index in [1.54, 1.807) is 0 Å². The van der Waals surface area contributed by atoms with E-state index in [1.165, 1.54) is 0 Å². The van der Waals surface area contributed by atoms with E-state index in [2.05, 4.69) is 10.6 Å². The van der Waals surface area contributed by atoms with Crippen molar-refractivity contribution in [2.75, 3.05) is 31.2 Å². The van der Waals surface area contributed by atoms with E-state index in [4.69, 9.17) is 4.74 Å². The van der Waals surface area contributed by atoms with Gasteiger partial charge in [0.1, 0.15) is 6.61 Å². The molecule has 5 nitrogen and oxygen atoms in total. The quantitative estimate of drug-likeness (QED) is 0.744. The van der Waals surface area contributed by atoms with Gasteiger partial charge in [-0.05, 0) is 38.8 Å². The molecule has 0 aliphatic carbocycles. The molecule has 6 heteroatoms. The average molecular weight is 274 g/mol. The first-order valence-corrected chi connectivity index (χ1v) is 8.19. The summed E-state index contributed by atoms with van der Waals surface area (Å²) in [6, 6.07) is 0.187. The largest absolute Gasteiger partial charge is 0.368 e. The minimum atomic E-state index is -0.673. The van der Waals surface area contributed by atoms with Gasteiger partial charge in [0.15, 0.2) is 0 Å². The predicted molar refractivity (Wildman–Crippen MR) is 70.9 cm³/mol. The summed E-state index contributed by atoms with van der Waals surface area (Å²) < 4.78 is 16.8. The van der Waals surface area contributed by atoms with Crippen molar-refractivity contribution in [3.8, 4) is 0 Å². The lowest BCUT2D eigenvalue weighted by Crippen LogP contribution is -2.42. The molecule has 2 N–H and O–H groups in total. The highest BCUT2D eigenvalue weighted by molar-refractivity contribution is 7.85. The van der Waals surface area contributed by atoms with E-state index in [9.17, 15) is 9.00 Å². The first-order valence-electron chi connectivity index (χ1n) is 6.70. The lowest BCUT2D eigenvalue weighted by atomic mass is 10.1. The summed E-state index contributed by atoms with van der Waals surface area (Å²) in [7, 11) is -0.673. The lowest BCUT2D eigenvalue weighted by molar-refractivity contribution is -0.129. The molecule has 2 aliphatic rings. The Kier molecular flexibility index (Phi) is 5.59. The van der Waals surface area contributed by atoms with Gasteiger partial charge < -0.3 is 15.4 Å². The minimum Gasteiger partial charge on any atom is -0.368 e. The van der Waals surface area contributed by atoms with Gasteiger partial charge in [-0.1, -0.05) is 0 Å². The van der Waals surface area contributed by atoms with Crippen molar-refractivity contribution in [3.05, 3.63) is 0 Å². The maximum Gasteiger partial charge on any atom is 0.246 e. The van der Waals surface area contributed by atoms with Gasteiger partial charge in [0.2, 0.25) is 5.91 Å². The second kappa shape index (κ2) is 7.21. The van der Waals surface area contributed by atoms with Crippen LogP contribution in [-0.4, -0.2) is 53.5 Å². The van der Waals surface area contributed by atoms with Crippen LogP contribution in [-0.2, 0) is 20.3 Å². The van der Waals surface area contributed by atoms with Crippen LogP contribution >= 0.6 is 0 Å². The molecule has 0 radical (unpaired) electrons. The van der Waals surface area contributed by atoms with Crippen LogP contribution in [0.25, 0.3) is 0 Å². The Morgan fingerprint density at radius 1 is 1.22 bits per heavy atom. The maximum absolute atomic E-state index is 11.7. The summed E-state index contributed by atoms with van der Waals surface area (Å²) in [5.41, 5.74) is 0. The highest BCUT2D eigenvalue weighted by Crippen LogP contribution is 2.10. The van der Waals surface area contributed by atoms with Gasteiger partial charge in [-0.3, -0.25) is 9.00 Å². The van der Waals surface area contributed by atoms with Gasteiger partial charge in [0, 0.05) is 28.3 Å². The molecule has 2 aliphatic heterocycles. The molecular weight excluding hydrogens is 252 g/mol. The van der Waals surface area contributed by atoms with Crippen molar-refractivity contribution in [2.45, 2.75) is 37.8 Å². The number of carbonyl (C=O) groups excluding carboxylic acids is 1. The number of hydrogen-bond acceptors (Lipinski definition) is 4. The van der Waals surface area contributed by atoms with Gasteiger partial charge in [-0.15, -0.1) is 0 Å². The summed E-state index contributed by atoms with van der Waals surface area (Å²) in [5.74, 6) is 1.38. The zero-order chi connectivity index (χ0) is 12.8. The Bertz CT molecular complexity index is 296. The number of amides is 1. The molecule has 2 saturated heterocycles. The highest BCUT2D eigenvalue weighted by Gasteiger charge is 2.20. The third kappa shape index (κ3) is 4.66. The van der Waals surface area contributed by atoms with Crippen LogP contribution in [0.1, 0.15) is 25.7 Å². The zero-order valence-electron chi connectivity index (χ0n) is 10.7. The second-order valence-electron chi connectivity index (χ2n) is 4.95. The van der Waals surface area contributed by atoms with Crippen molar-refractivity contribution >= 4 is 16.7 Å². The van der Waals surface area contributed by atoms with E-state index in [1.807, 2.05) is 0 Å². The summed E-state index contributed by atoms with van der Waals surface area (Å²) in [6.45, 7) is 2.10. The van der Waals surface area contributed by atoms with Crippen LogP contribution in [0.2, 0.25) is 0 Å². The molecule has 1 amide bonds. The molecule has 18 heavy (non-hydrogen) atoms. The van der Waals surface area contributed by atoms with E-state index in [0.717, 1.165) is 38.8 Å². The molecule has 0 aromatic carbocycles. The van der Waals surface area contributed by atoms with E-state index >= 15 is 0 Å². The van der Waals surface area contributed by atoms with Gasteiger partial charge in [0.25, 0.3) is 0 Å². The average Bonchev–Trinajstić information content (AvgIpc) is 2.40. The van der Waals surface area contributed by atoms with Crippen LogP contribution in [0.15, 0.2) is 0 Å². The number of nitrogens with one attached hydrogen (secondary N) is 2. The van der Waals surface area contributed by atoms with Gasteiger partial charge in [-0.25, -0.2) is 0 Å². The third-order valence-electron chi connectivity index (χ3n) is 3.49. The Hall–Kier alpha value is -0.460. The van der Waals surface area contributed by atoms with Gasteiger partial charge in [-0.2, -0.15) is 0 Å². The van der Waals surface area contributed by atoms with Crippen LogP contribution in [0.4, 0.5) is 0 Å². The molecule has 2 heterocycles. The standard InChI is InChI=1S/C12H22N2O3S/c15-12(9-17-11-1-5-13-6-2-11)14-10-3-7-18(16)8-4-10/h10-11,13H,1-9H2,(H,14,15). The van der Waals surface area contributed by atoms with Crippen molar-refractivity contribution in [3.63, 3.8) is 0 Å². The molecular formula is C12H22N2O3S. The van der Waals surface area contributed by atoms with Crippen molar-refractivity contribution in [1.29, 1.82) is 0 Å². The number of piperidine rings is 1. The fraction of sp³-hybridized carbons (Fsp3) is 0.917. The molecule has 2 fully saturated rings. The Morgan fingerprint density at radius 3 is 2.56 bits per heavy atom. The maximum atomic E-state index is 11.7. The van der Waals surface area contributed by atoms with Crippen molar-refractivity contribution < 1.29 is 13.7 Å². The van der Waals surface area contributed by atoms with Crippen molar-refractivity contribution in [2.24, 2.45) is 0 Å². The van der Waals surface area contributed by atoms with Gasteiger partial charge >= 0.3 is 0 Å². The van der Waals surface area contributed by atoms with E-state index in [-0.39, 0.29) is 24.7 Å². The number of carbonyl (C=O) groups is 1. The molecule has 0 atom stereocenters. The number of rotatable bonds is 4. The lowest BCUT2D eigenvalue weighted by Gasteiger charge is -2.25. The topological polar surface area (TPSA) is 67.4 Å². The molecule has 0 aromatic heterocycles. The smallest absolute Gasteiger partial charge is 0.246 e. The molecule has 2 rings (SSSR count). The zero-order valence-corrected chi connectivity index (χ0v) is 11.5. The van der Waals surface area contributed by atoms with Crippen LogP contribution in [0.3, 0.4) is 0 Å². The Labute approximate surface area is 110 Å². The monoisotopic (exact) mass is 274 g/mol. The molecule has 0 spiro atoms. The second-order valence-corrected chi connectivity index (χ2v) is 6.65. The Morgan fingerprint density at radius 2 is 1.89 bits per heavy atom. The summed E-state index contributed by atoms with van der Waals surface area (Å²) in [6.07, 6.45) is 3.83. The summed E-state index contributed by atoms with van der Waals surface area (Å²) in [4.78, 5) is 11.7. The third-order valence-corrected chi connectivity index (χ3v) is 4.87.